The molecule has 1 N–H and O–H groups in total. The molecule has 1 unspecified atom stereocenters. The second kappa shape index (κ2) is 5.93. The lowest BCUT2D eigenvalue weighted by Gasteiger charge is -2.14. The average Bonchev–Trinajstić information content (AvgIpc) is 2.49. The fourth-order valence-corrected chi connectivity index (χ4v) is 2.76. The predicted octanol–water partition coefficient (Wildman–Crippen LogP) is 2.89. The largest absolute Gasteiger partial charge is 0.387 e. The molecule has 0 aliphatic rings. The molecule has 1 heterocycles. The van der Waals surface area contributed by atoms with Crippen LogP contribution in [0.5, 0.6) is 0 Å². The maximum Gasteiger partial charge on any atom is 0.261 e. The van der Waals surface area contributed by atoms with Gasteiger partial charge in [0.25, 0.3) is 5.56 Å². The van der Waals surface area contributed by atoms with Gasteiger partial charge in [-0.1, -0.05) is 29.3 Å². The highest BCUT2D eigenvalue weighted by Crippen LogP contribution is 2.18. The topological polar surface area (TPSA) is 55.1 Å². The molecule has 23 heavy (non-hydrogen) atoms. The van der Waals surface area contributed by atoms with Crippen LogP contribution in [0.15, 0.2) is 47.5 Å². The van der Waals surface area contributed by atoms with Crippen LogP contribution in [0, 0.1) is 19.7 Å². The highest BCUT2D eigenvalue weighted by atomic mass is 19.1. The number of hydrogen-bond donors (Lipinski definition) is 1. The standard InChI is InChI=1S/C18H17FN2O2/c1-11-5-12(2)7-13(6-11)17(22)9-21-10-20-16-8-14(19)3-4-15(16)18(21)23/h3-8,10,17,22H,9H2,1-2H3. The number of hydrogen-bond acceptors (Lipinski definition) is 3. The van der Waals surface area contributed by atoms with Crippen LogP contribution in [0.4, 0.5) is 4.39 Å². The summed E-state index contributed by atoms with van der Waals surface area (Å²) in [6.07, 6.45) is 0.529. The summed E-state index contributed by atoms with van der Waals surface area (Å²) in [7, 11) is 0. The minimum Gasteiger partial charge on any atom is -0.387 e. The van der Waals surface area contributed by atoms with Gasteiger partial charge in [-0.3, -0.25) is 9.36 Å². The summed E-state index contributed by atoms with van der Waals surface area (Å²) < 4.78 is 14.5. The van der Waals surface area contributed by atoms with Crippen LogP contribution < -0.4 is 5.56 Å². The van der Waals surface area contributed by atoms with Crippen molar-refractivity contribution >= 4 is 10.9 Å². The molecule has 0 aliphatic heterocycles. The third-order valence-corrected chi connectivity index (χ3v) is 3.79. The lowest BCUT2D eigenvalue weighted by atomic mass is 10.0. The zero-order valence-electron chi connectivity index (χ0n) is 13.0. The van der Waals surface area contributed by atoms with E-state index in [1.807, 2.05) is 32.0 Å². The first kappa shape index (κ1) is 15.4. The van der Waals surface area contributed by atoms with Crippen molar-refractivity contribution in [3.8, 4) is 0 Å². The van der Waals surface area contributed by atoms with Crippen LogP contribution >= 0.6 is 0 Å². The lowest BCUT2D eigenvalue weighted by molar-refractivity contribution is 0.154. The first-order valence-electron chi connectivity index (χ1n) is 7.35. The third-order valence-electron chi connectivity index (χ3n) is 3.79. The van der Waals surface area contributed by atoms with Crippen molar-refractivity contribution in [2.24, 2.45) is 0 Å². The van der Waals surface area contributed by atoms with Gasteiger partial charge in [0, 0.05) is 6.07 Å². The van der Waals surface area contributed by atoms with Gasteiger partial charge in [0.1, 0.15) is 5.82 Å². The van der Waals surface area contributed by atoms with Crippen molar-refractivity contribution in [2.45, 2.75) is 26.5 Å². The van der Waals surface area contributed by atoms with E-state index in [0.717, 1.165) is 16.7 Å². The quantitative estimate of drug-likeness (QED) is 0.809. The number of nitrogens with zero attached hydrogens (tertiary/aromatic N) is 2. The molecular weight excluding hydrogens is 295 g/mol. The molecule has 0 bridgehead atoms. The Balaban J connectivity index is 1.96. The minimum atomic E-state index is -0.814. The second-order valence-electron chi connectivity index (χ2n) is 5.80. The van der Waals surface area contributed by atoms with Crippen LogP contribution in [-0.4, -0.2) is 14.7 Å². The first-order valence-corrected chi connectivity index (χ1v) is 7.35. The molecule has 2 aromatic carbocycles. The third kappa shape index (κ3) is 3.14. The van der Waals surface area contributed by atoms with Gasteiger partial charge in [0.05, 0.1) is 29.9 Å². The SMILES string of the molecule is Cc1cc(C)cc(C(O)Cn2cnc3cc(F)ccc3c2=O)c1. The highest BCUT2D eigenvalue weighted by Gasteiger charge is 2.12. The van der Waals surface area contributed by atoms with Gasteiger partial charge in [0.2, 0.25) is 0 Å². The maximum absolute atomic E-state index is 13.2. The van der Waals surface area contributed by atoms with Gasteiger partial charge in [-0.2, -0.15) is 0 Å². The van der Waals surface area contributed by atoms with Crippen molar-refractivity contribution < 1.29 is 9.50 Å². The van der Waals surface area contributed by atoms with Gasteiger partial charge in [-0.15, -0.1) is 0 Å². The van der Waals surface area contributed by atoms with E-state index >= 15 is 0 Å². The Labute approximate surface area is 132 Å². The number of aliphatic hydroxyl groups excluding tert-OH is 1. The van der Waals surface area contributed by atoms with Gasteiger partial charge in [0.15, 0.2) is 0 Å². The van der Waals surface area contributed by atoms with Crippen molar-refractivity contribution in [1.82, 2.24) is 9.55 Å². The number of halogens is 1. The molecule has 0 radical (unpaired) electrons. The Hall–Kier alpha value is -2.53. The van der Waals surface area contributed by atoms with E-state index in [1.54, 1.807) is 0 Å². The number of benzene rings is 2. The summed E-state index contributed by atoms with van der Waals surface area (Å²) in [5.41, 5.74) is 2.89. The van der Waals surface area contributed by atoms with Gasteiger partial charge in [-0.05, 0) is 31.5 Å². The van der Waals surface area contributed by atoms with Crippen molar-refractivity contribution in [3.05, 3.63) is 75.6 Å². The van der Waals surface area contributed by atoms with Gasteiger partial charge >= 0.3 is 0 Å². The van der Waals surface area contributed by atoms with Crippen LogP contribution in [-0.2, 0) is 6.54 Å². The summed E-state index contributed by atoms with van der Waals surface area (Å²) in [5, 5.41) is 10.8. The minimum absolute atomic E-state index is 0.0992. The molecule has 0 amide bonds. The van der Waals surface area contributed by atoms with E-state index in [1.165, 1.54) is 29.1 Å². The van der Waals surface area contributed by atoms with Crippen molar-refractivity contribution in [3.63, 3.8) is 0 Å². The molecule has 5 heteroatoms. The number of aromatic nitrogens is 2. The summed E-state index contributed by atoms with van der Waals surface area (Å²) in [4.78, 5) is 16.5. The number of fused-ring (bicyclic) bond motifs is 1. The molecule has 3 aromatic rings. The Morgan fingerprint density at radius 3 is 2.57 bits per heavy atom. The first-order chi connectivity index (χ1) is 10.9. The normalized spacial score (nSPS) is 12.5. The zero-order chi connectivity index (χ0) is 16.6. The molecule has 0 fully saturated rings. The highest BCUT2D eigenvalue weighted by molar-refractivity contribution is 5.77. The van der Waals surface area contributed by atoms with Crippen molar-refractivity contribution in [1.29, 1.82) is 0 Å². The van der Waals surface area contributed by atoms with E-state index in [2.05, 4.69) is 4.98 Å². The number of aliphatic hydroxyl groups is 1. The molecule has 118 valence electrons. The van der Waals surface area contributed by atoms with Crippen LogP contribution in [0.2, 0.25) is 0 Å². The van der Waals surface area contributed by atoms with Crippen LogP contribution in [0.25, 0.3) is 10.9 Å². The maximum atomic E-state index is 13.2. The molecule has 0 saturated heterocycles. The van der Waals surface area contributed by atoms with E-state index in [0.29, 0.717) is 10.9 Å². The molecule has 1 atom stereocenters. The molecule has 4 nitrogen and oxygen atoms in total. The Morgan fingerprint density at radius 2 is 1.87 bits per heavy atom. The second-order valence-corrected chi connectivity index (χ2v) is 5.80. The average molecular weight is 312 g/mol. The van der Waals surface area contributed by atoms with Crippen LogP contribution in [0.1, 0.15) is 22.8 Å². The fraction of sp³-hybridized carbons (Fsp3) is 0.222. The van der Waals surface area contributed by atoms with E-state index in [9.17, 15) is 14.3 Å². The molecule has 0 spiro atoms. The fourth-order valence-electron chi connectivity index (χ4n) is 2.76. The Bertz CT molecular complexity index is 914. The van der Waals surface area contributed by atoms with Crippen LogP contribution in [0.3, 0.4) is 0 Å². The molecule has 1 aromatic heterocycles. The molecule has 0 aliphatic carbocycles. The Morgan fingerprint density at radius 1 is 1.17 bits per heavy atom. The summed E-state index contributed by atoms with van der Waals surface area (Å²) in [6.45, 7) is 4.02. The number of aryl methyl sites for hydroxylation is 2. The Kier molecular flexibility index (Phi) is 3.96. The zero-order valence-corrected chi connectivity index (χ0v) is 13.0. The lowest BCUT2D eigenvalue weighted by Crippen LogP contribution is -2.23. The van der Waals surface area contributed by atoms with Gasteiger partial charge in [-0.25, -0.2) is 9.37 Å². The summed E-state index contributed by atoms with van der Waals surface area (Å²) >= 11 is 0. The monoisotopic (exact) mass is 312 g/mol. The number of rotatable bonds is 3. The van der Waals surface area contributed by atoms with E-state index < -0.39 is 11.9 Å². The van der Waals surface area contributed by atoms with Gasteiger partial charge < -0.3 is 5.11 Å². The smallest absolute Gasteiger partial charge is 0.261 e. The van der Waals surface area contributed by atoms with E-state index in [-0.39, 0.29) is 12.1 Å². The molecule has 3 rings (SSSR count). The molecule has 0 saturated carbocycles. The summed E-state index contributed by atoms with van der Waals surface area (Å²) in [5.74, 6) is -0.433. The predicted molar refractivity (Wildman–Crippen MR) is 86.8 cm³/mol. The van der Waals surface area contributed by atoms with Crippen molar-refractivity contribution in [2.75, 3.05) is 0 Å². The van der Waals surface area contributed by atoms with E-state index in [4.69, 9.17) is 0 Å². The molecular formula is C18H17FN2O2. The summed E-state index contributed by atoms with van der Waals surface area (Å²) in [6, 6.07) is 9.69.